The number of nitrogens with zero attached hydrogens (tertiary/aromatic N) is 1. The lowest BCUT2D eigenvalue weighted by Gasteiger charge is -2.43. The number of hydrogen-bond donors (Lipinski definition) is 3. The Morgan fingerprint density at radius 3 is 2.03 bits per heavy atom. The maximum Gasteiger partial charge on any atom is 0.408 e. The molecule has 8 nitrogen and oxygen atoms in total. The number of phenolic OH excluding ortho intramolecular Hbond substituents is 1. The largest absolute Gasteiger partial charge is 0.508 e. The van der Waals surface area contributed by atoms with Gasteiger partial charge in [0.1, 0.15) is 23.4 Å². The molecule has 8 heteroatoms. The first kappa shape index (κ1) is 29.3. The first-order chi connectivity index (χ1) is 15.4. The Labute approximate surface area is 204 Å². The van der Waals surface area contributed by atoms with E-state index in [1.165, 1.54) is 17.0 Å². The smallest absolute Gasteiger partial charge is 0.408 e. The van der Waals surface area contributed by atoms with Gasteiger partial charge in [0, 0.05) is 11.6 Å². The molecule has 0 spiro atoms. The second kappa shape index (κ2) is 11.6. The van der Waals surface area contributed by atoms with E-state index in [1.807, 2.05) is 48.5 Å². The molecule has 0 aliphatic rings. The quantitative estimate of drug-likeness (QED) is 0.510. The Hall–Kier alpha value is -2.77. The number of alkyl carbamates (subject to hydrolysis) is 1. The predicted molar refractivity (Wildman–Crippen MR) is 133 cm³/mol. The first-order valence-corrected chi connectivity index (χ1v) is 11.8. The third-order valence-electron chi connectivity index (χ3n) is 4.78. The molecular formula is C26H43N3O5. The summed E-state index contributed by atoms with van der Waals surface area (Å²) in [6.45, 7) is 18.4. The van der Waals surface area contributed by atoms with Crippen molar-refractivity contribution in [1.82, 2.24) is 15.5 Å². The monoisotopic (exact) mass is 477 g/mol. The van der Waals surface area contributed by atoms with Gasteiger partial charge < -0.3 is 25.4 Å². The summed E-state index contributed by atoms with van der Waals surface area (Å²) in [6, 6.07) is 4.25. The van der Waals surface area contributed by atoms with Crippen LogP contribution in [-0.4, -0.2) is 51.1 Å². The Balaban J connectivity index is 3.55. The van der Waals surface area contributed by atoms with Crippen molar-refractivity contribution in [2.45, 2.75) is 105 Å². The van der Waals surface area contributed by atoms with Gasteiger partial charge in [-0.3, -0.25) is 9.59 Å². The molecule has 3 amide bonds. The van der Waals surface area contributed by atoms with Crippen LogP contribution in [0.4, 0.5) is 4.79 Å². The highest BCUT2D eigenvalue weighted by Gasteiger charge is 2.42. The van der Waals surface area contributed by atoms with Gasteiger partial charge in [-0.05, 0) is 85.4 Å². The zero-order valence-corrected chi connectivity index (χ0v) is 22.4. The normalized spacial score (nSPS) is 13.9. The van der Waals surface area contributed by atoms with E-state index in [9.17, 15) is 19.5 Å². The van der Waals surface area contributed by atoms with Gasteiger partial charge in [-0.25, -0.2) is 4.79 Å². The molecule has 2 unspecified atom stereocenters. The minimum absolute atomic E-state index is 0.00762. The molecule has 1 aromatic rings. The van der Waals surface area contributed by atoms with Crippen molar-refractivity contribution in [3.05, 3.63) is 29.8 Å². The minimum atomic E-state index is -1.02. The molecule has 0 radical (unpaired) electrons. The van der Waals surface area contributed by atoms with E-state index in [4.69, 9.17) is 4.74 Å². The molecule has 0 heterocycles. The van der Waals surface area contributed by atoms with Gasteiger partial charge in [0.2, 0.25) is 11.8 Å². The van der Waals surface area contributed by atoms with E-state index in [-0.39, 0.29) is 23.6 Å². The van der Waals surface area contributed by atoms with E-state index >= 15 is 0 Å². The lowest BCUT2D eigenvalue weighted by Crippen LogP contribution is -2.59. The summed E-state index contributed by atoms with van der Waals surface area (Å²) in [5.41, 5.74) is -1.03. The zero-order valence-electron chi connectivity index (χ0n) is 22.4. The van der Waals surface area contributed by atoms with Crippen LogP contribution in [0.5, 0.6) is 5.75 Å². The van der Waals surface area contributed by atoms with E-state index < -0.39 is 35.2 Å². The van der Waals surface area contributed by atoms with Crippen LogP contribution < -0.4 is 10.6 Å². The number of benzene rings is 1. The fourth-order valence-electron chi connectivity index (χ4n) is 3.63. The van der Waals surface area contributed by atoms with Crippen molar-refractivity contribution in [3.63, 3.8) is 0 Å². The highest BCUT2D eigenvalue weighted by molar-refractivity contribution is 5.92. The molecule has 0 saturated heterocycles. The number of nitrogens with one attached hydrogen (secondary N) is 2. The van der Waals surface area contributed by atoms with Crippen LogP contribution in [0.15, 0.2) is 24.3 Å². The number of carbonyl (C=O) groups is 3. The van der Waals surface area contributed by atoms with Gasteiger partial charge in [0.15, 0.2) is 0 Å². The second-order valence-electron chi connectivity index (χ2n) is 11.4. The zero-order chi connectivity index (χ0) is 26.4. The highest BCUT2D eigenvalue weighted by Crippen LogP contribution is 2.32. The second-order valence-corrected chi connectivity index (χ2v) is 11.4. The molecule has 0 aliphatic carbocycles. The van der Waals surface area contributed by atoms with Gasteiger partial charge in [-0.1, -0.05) is 26.0 Å². The molecule has 0 saturated carbocycles. The number of rotatable bonds is 8. The van der Waals surface area contributed by atoms with Crippen LogP contribution in [0.3, 0.4) is 0 Å². The average Bonchev–Trinajstić information content (AvgIpc) is 2.61. The van der Waals surface area contributed by atoms with Crippen molar-refractivity contribution in [3.8, 4) is 5.75 Å². The fourth-order valence-corrected chi connectivity index (χ4v) is 3.63. The van der Waals surface area contributed by atoms with Crippen LogP contribution in [0.2, 0.25) is 0 Å². The van der Waals surface area contributed by atoms with Gasteiger partial charge in [0.25, 0.3) is 0 Å². The number of hydrogen-bond acceptors (Lipinski definition) is 5. The fraction of sp³-hybridized carbons (Fsp3) is 0.654. The summed E-state index contributed by atoms with van der Waals surface area (Å²) >= 11 is 0. The van der Waals surface area contributed by atoms with Gasteiger partial charge in [0.05, 0.1) is 0 Å². The van der Waals surface area contributed by atoms with Gasteiger partial charge in [-0.15, -0.1) is 0 Å². The van der Waals surface area contributed by atoms with E-state index in [2.05, 4.69) is 10.6 Å². The number of aromatic hydroxyl groups is 1. The first-order valence-electron chi connectivity index (χ1n) is 11.8. The lowest BCUT2D eigenvalue weighted by molar-refractivity contribution is -0.149. The average molecular weight is 478 g/mol. The molecule has 0 aromatic heterocycles. The minimum Gasteiger partial charge on any atom is -0.508 e. The third-order valence-corrected chi connectivity index (χ3v) is 4.78. The predicted octanol–water partition coefficient (Wildman–Crippen LogP) is 4.52. The van der Waals surface area contributed by atoms with E-state index in [1.54, 1.807) is 32.9 Å². The van der Waals surface area contributed by atoms with Crippen LogP contribution in [-0.2, 0) is 14.3 Å². The molecule has 0 aliphatic heterocycles. The summed E-state index contributed by atoms with van der Waals surface area (Å²) in [5, 5.41) is 15.7. The van der Waals surface area contributed by atoms with E-state index in [0.717, 1.165) is 0 Å². The maximum absolute atomic E-state index is 14.0. The maximum atomic E-state index is 14.0. The summed E-state index contributed by atoms with van der Waals surface area (Å²) < 4.78 is 5.39. The van der Waals surface area contributed by atoms with Crippen molar-refractivity contribution in [2.75, 3.05) is 0 Å². The van der Waals surface area contributed by atoms with Gasteiger partial charge >= 0.3 is 6.09 Å². The van der Waals surface area contributed by atoms with Crippen molar-refractivity contribution < 1.29 is 24.2 Å². The number of carbonyl (C=O) groups excluding carboxylic acids is 3. The number of ether oxygens (including phenoxy) is 1. The molecule has 2 atom stereocenters. The van der Waals surface area contributed by atoms with Crippen molar-refractivity contribution >= 4 is 17.9 Å². The third kappa shape index (κ3) is 9.23. The molecule has 0 bridgehead atoms. The Morgan fingerprint density at radius 1 is 1.00 bits per heavy atom. The van der Waals surface area contributed by atoms with Crippen molar-refractivity contribution in [2.24, 2.45) is 5.92 Å². The van der Waals surface area contributed by atoms with Crippen molar-refractivity contribution in [1.29, 1.82) is 0 Å². The van der Waals surface area contributed by atoms with Crippen LogP contribution in [0, 0.1) is 5.92 Å². The Kier molecular flexibility index (Phi) is 9.97. The van der Waals surface area contributed by atoms with Crippen LogP contribution in [0.25, 0.3) is 0 Å². The molecule has 192 valence electrons. The van der Waals surface area contributed by atoms with Crippen LogP contribution >= 0.6 is 0 Å². The molecule has 1 rings (SSSR count). The Morgan fingerprint density at radius 2 is 1.59 bits per heavy atom. The molecule has 3 N–H and O–H groups in total. The molecule has 34 heavy (non-hydrogen) atoms. The summed E-state index contributed by atoms with van der Waals surface area (Å²) in [6.07, 6.45) is -0.329. The SMILES string of the molecule is CC(C)CC(NC(=O)OC(C)(C)C)C(=O)N(C(C(=O)NC(C)C)c1cccc(O)c1)C(C)(C)C. The highest BCUT2D eigenvalue weighted by atomic mass is 16.6. The molecule has 1 aromatic carbocycles. The Bertz CT molecular complexity index is 853. The topological polar surface area (TPSA) is 108 Å². The van der Waals surface area contributed by atoms with Crippen LogP contribution in [0.1, 0.15) is 87.3 Å². The van der Waals surface area contributed by atoms with E-state index in [0.29, 0.717) is 12.0 Å². The summed E-state index contributed by atoms with van der Waals surface area (Å²) in [7, 11) is 0. The summed E-state index contributed by atoms with van der Waals surface area (Å²) in [5.74, 6) is -0.690. The lowest BCUT2D eigenvalue weighted by atomic mass is 9.93. The molecular weight excluding hydrogens is 434 g/mol. The molecule has 0 fully saturated rings. The standard InChI is InChI=1S/C26H43N3O5/c1-16(2)14-20(28-24(33)34-26(8,9)10)23(32)29(25(5,6)7)21(22(31)27-17(3)4)18-12-11-13-19(30)15-18/h11-13,15-17,20-21,30H,14H2,1-10H3,(H,27,31)(H,28,33). The number of phenols is 1. The number of amides is 3. The van der Waals surface area contributed by atoms with Gasteiger partial charge in [-0.2, -0.15) is 0 Å². The summed E-state index contributed by atoms with van der Waals surface area (Å²) in [4.78, 5) is 41.5.